The fraction of sp³-hybridized carbons (Fsp3) is 0.400. The maximum Gasteiger partial charge on any atom is 0.240 e. The number of nitrogens with one attached hydrogen (secondary N) is 1. The third-order valence-corrected chi connectivity index (χ3v) is 7.05. The van der Waals surface area contributed by atoms with Gasteiger partial charge in [-0.25, -0.2) is 13.1 Å². The lowest BCUT2D eigenvalue weighted by molar-refractivity contribution is 0.0251. The maximum absolute atomic E-state index is 12.7. The molecule has 3 aliphatic rings. The Morgan fingerprint density at radius 3 is 2.72 bits per heavy atom. The summed E-state index contributed by atoms with van der Waals surface area (Å²) in [5.41, 5.74) is 0. The van der Waals surface area contributed by atoms with E-state index in [9.17, 15) is 8.42 Å². The van der Waals surface area contributed by atoms with Gasteiger partial charge < -0.3 is 0 Å². The van der Waals surface area contributed by atoms with Crippen molar-refractivity contribution in [3.05, 3.63) is 42.5 Å². The number of benzene rings is 2. The van der Waals surface area contributed by atoms with E-state index in [0.29, 0.717) is 23.3 Å². The minimum atomic E-state index is -3.50. The van der Waals surface area contributed by atoms with Crippen LogP contribution in [0.1, 0.15) is 12.8 Å². The minimum Gasteiger partial charge on any atom is -0.298 e. The number of hydrogen-bond donors (Lipinski definition) is 1. The predicted molar refractivity (Wildman–Crippen MR) is 99.5 cm³/mol. The molecule has 2 aromatic rings. The first-order chi connectivity index (χ1) is 12.1. The van der Waals surface area contributed by atoms with Gasteiger partial charge in [0.15, 0.2) is 0 Å². The van der Waals surface area contributed by atoms with Crippen LogP contribution in [0.25, 0.3) is 10.8 Å². The standard InChI is InChI=1S/C20H22N2O2S/c1-2-15-14-22-10-9-18(15)11-19(22)13-21-25(23,24)20-8-7-16-5-3-4-6-17(16)12-20/h1,3-8,12,15,18-19,21H,9-11,13-14H2. The van der Waals surface area contributed by atoms with E-state index in [1.54, 1.807) is 12.1 Å². The lowest BCUT2D eigenvalue weighted by Gasteiger charge is -2.48. The number of piperidine rings is 3. The summed E-state index contributed by atoms with van der Waals surface area (Å²) in [7, 11) is -3.50. The fourth-order valence-corrected chi connectivity index (χ4v) is 5.27. The predicted octanol–water partition coefficient (Wildman–Crippen LogP) is 2.46. The van der Waals surface area contributed by atoms with E-state index in [4.69, 9.17) is 6.42 Å². The molecule has 0 amide bonds. The van der Waals surface area contributed by atoms with E-state index in [2.05, 4.69) is 15.5 Å². The molecule has 1 N–H and O–H groups in total. The normalized spacial score (nSPS) is 28.8. The molecule has 25 heavy (non-hydrogen) atoms. The topological polar surface area (TPSA) is 49.4 Å². The van der Waals surface area contributed by atoms with Gasteiger partial charge >= 0.3 is 0 Å². The van der Waals surface area contributed by atoms with E-state index < -0.39 is 10.0 Å². The molecule has 4 unspecified atom stereocenters. The summed E-state index contributed by atoms with van der Waals surface area (Å²) in [6.45, 7) is 2.36. The molecule has 3 aliphatic heterocycles. The van der Waals surface area contributed by atoms with Crippen molar-refractivity contribution < 1.29 is 8.42 Å². The average molecular weight is 354 g/mol. The molecule has 2 aromatic carbocycles. The molecule has 4 atom stereocenters. The van der Waals surface area contributed by atoms with E-state index in [1.807, 2.05) is 30.3 Å². The first-order valence-electron chi connectivity index (χ1n) is 8.75. The molecule has 0 aliphatic carbocycles. The first-order valence-corrected chi connectivity index (χ1v) is 10.2. The Morgan fingerprint density at radius 1 is 1.20 bits per heavy atom. The Labute approximate surface area is 149 Å². The molecule has 3 heterocycles. The van der Waals surface area contributed by atoms with E-state index in [0.717, 1.165) is 36.7 Å². The molecule has 0 saturated carbocycles. The van der Waals surface area contributed by atoms with Gasteiger partial charge in [-0.15, -0.1) is 12.3 Å². The van der Waals surface area contributed by atoms with Gasteiger partial charge in [0, 0.05) is 25.0 Å². The van der Waals surface area contributed by atoms with Crippen LogP contribution in [0.5, 0.6) is 0 Å². The molecule has 130 valence electrons. The van der Waals surface area contributed by atoms with Gasteiger partial charge in [0.2, 0.25) is 10.0 Å². The summed E-state index contributed by atoms with van der Waals surface area (Å²) in [4.78, 5) is 2.66. The molecule has 5 heteroatoms. The van der Waals surface area contributed by atoms with Gasteiger partial charge in [0.05, 0.1) is 4.90 Å². The van der Waals surface area contributed by atoms with Gasteiger partial charge in [0.25, 0.3) is 0 Å². The lowest BCUT2D eigenvalue weighted by atomic mass is 9.76. The van der Waals surface area contributed by atoms with Crippen molar-refractivity contribution in [2.24, 2.45) is 11.8 Å². The number of nitrogens with zero attached hydrogens (tertiary/aromatic N) is 1. The Kier molecular flexibility index (Phi) is 4.28. The summed E-state index contributed by atoms with van der Waals surface area (Å²) >= 11 is 0. The summed E-state index contributed by atoms with van der Waals surface area (Å²) in [5.74, 6) is 3.74. The molecular weight excluding hydrogens is 332 g/mol. The third-order valence-electron chi connectivity index (χ3n) is 5.63. The van der Waals surface area contributed by atoms with Crippen LogP contribution in [0, 0.1) is 24.2 Å². The summed E-state index contributed by atoms with van der Waals surface area (Å²) < 4.78 is 28.2. The van der Waals surface area contributed by atoms with E-state index in [1.165, 1.54) is 0 Å². The highest BCUT2D eigenvalue weighted by Gasteiger charge is 2.39. The van der Waals surface area contributed by atoms with Crippen molar-refractivity contribution in [2.75, 3.05) is 19.6 Å². The highest BCUT2D eigenvalue weighted by molar-refractivity contribution is 7.89. The number of hydrogen-bond acceptors (Lipinski definition) is 3. The highest BCUT2D eigenvalue weighted by atomic mass is 32.2. The van der Waals surface area contributed by atoms with Crippen molar-refractivity contribution in [3.63, 3.8) is 0 Å². The fourth-order valence-electron chi connectivity index (χ4n) is 4.16. The first kappa shape index (κ1) is 16.6. The van der Waals surface area contributed by atoms with Crippen molar-refractivity contribution in [1.82, 2.24) is 9.62 Å². The summed E-state index contributed by atoms with van der Waals surface area (Å²) in [5, 5.41) is 1.97. The van der Waals surface area contributed by atoms with Crippen LogP contribution < -0.4 is 4.72 Å². The zero-order chi connectivity index (χ0) is 17.4. The second kappa shape index (κ2) is 6.45. The van der Waals surface area contributed by atoms with Crippen LogP contribution in [-0.4, -0.2) is 39.0 Å². The number of sulfonamides is 1. The summed E-state index contributed by atoms with van der Waals surface area (Å²) in [6.07, 6.45) is 7.72. The second-order valence-corrected chi connectivity index (χ2v) is 8.83. The van der Waals surface area contributed by atoms with Gasteiger partial charge in [-0.2, -0.15) is 0 Å². The molecule has 5 rings (SSSR count). The Hall–Kier alpha value is -1.87. The largest absolute Gasteiger partial charge is 0.298 e. The zero-order valence-electron chi connectivity index (χ0n) is 14.1. The van der Waals surface area contributed by atoms with Gasteiger partial charge in [0.1, 0.15) is 0 Å². The molecular formula is C20H22N2O2S. The Balaban J connectivity index is 1.47. The van der Waals surface area contributed by atoms with Crippen molar-refractivity contribution in [2.45, 2.75) is 23.8 Å². The third kappa shape index (κ3) is 3.18. The highest BCUT2D eigenvalue weighted by Crippen LogP contribution is 2.35. The van der Waals surface area contributed by atoms with Gasteiger partial charge in [-0.3, -0.25) is 4.90 Å². The van der Waals surface area contributed by atoms with Crippen LogP contribution in [0.15, 0.2) is 47.4 Å². The van der Waals surface area contributed by atoms with Crippen LogP contribution in [0.4, 0.5) is 0 Å². The number of fused-ring (bicyclic) bond motifs is 4. The molecule has 3 saturated heterocycles. The lowest BCUT2D eigenvalue weighted by Crippen LogP contribution is -2.56. The average Bonchev–Trinajstić information content (AvgIpc) is 2.66. The molecule has 0 aromatic heterocycles. The van der Waals surface area contributed by atoms with Crippen molar-refractivity contribution >= 4 is 20.8 Å². The summed E-state index contributed by atoms with van der Waals surface area (Å²) in [6, 6.07) is 13.3. The quantitative estimate of drug-likeness (QED) is 0.858. The molecule has 0 radical (unpaired) electrons. The van der Waals surface area contributed by atoms with Crippen molar-refractivity contribution in [3.8, 4) is 12.3 Å². The van der Waals surface area contributed by atoms with E-state index >= 15 is 0 Å². The zero-order valence-corrected chi connectivity index (χ0v) is 14.9. The van der Waals surface area contributed by atoms with Crippen LogP contribution in [-0.2, 0) is 10.0 Å². The van der Waals surface area contributed by atoms with Crippen LogP contribution >= 0.6 is 0 Å². The monoisotopic (exact) mass is 354 g/mol. The molecule has 2 bridgehead atoms. The van der Waals surface area contributed by atoms with Crippen LogP contribution in [0.2, 0.25) is 0 Å². The Bertz CT molecular complexity index is 932. The van der Waals surface area contributed by atoms with Crippen LogP contribution in [0.3, 0.4) is 0 Å². The molecule has 3 fully saturated rings. The Morgan fingerprint density at radius 2 is 2.00 bits per heavy atom. The number of terminal acetylenes is 1. The second-order valence-electron chi connectivity index (χ2n) is 7.07. The minimum absolute atomic E-state index is 0.249. The SMILES string of the molecule is C#CC1CN2CCC1CC2CNS(=O)(=O)c1ccc2ccccc2c1. The van der Waals surface area contributed by atoms with Crippen molar-refractivity contribution in [1.29, 1.82) is 0 Å². The van der Waals surface area contributed by atoms with Gasteiger partial charge in [-0.05, 0) is 48.2 Å². The maximum atomic E-state index is 12.7. The molecule has 0 spiro atoms. The van der Waals surface area contributed by atoms with E-state index in [-0.39, 0.29) is 6.04 Å². The van der Waals surface area contributed by atoms with Gasteiger partial charge in [-0.1, -0.05) is 30.3 Å². The number of rotatable bonds is 4. The smallest absolute Gasteiger partial charge is 0.240 e. The molecule has 4 nitrogen and oxygen atoms in total.